The van der Waals surface area contributed by atoms with Gasteiger partial charge in [-0.25, -0.2) is 10.8 Å². The summed E-state index contributed by atoms with van der Waals surface area (Å²) in [5, 5.41) is 9.15. The Labute approximate surface area is 122 Å². The Hall–Kier alpha value is -2.38. The lowest BCUT2D eigenvalue weighted by atomic mass is 10.2. The fraction of sp³-hybridized carbons (Fsp3) is 0.286. The van der Waals surface area contributed by atoms with E-state index in [2.05, 4.69) is 15.4 Å². The molecule has 21 heavy (non-hydrogen) atoms. The predicted octanol–water partition coefficient (Wildman–Crippen LogP) is 1.67. The number of aromatic nitrogens is 2. The van der Waals surface area contributed by atoms with Gasteiger partial charge in [0.05, 0.1) is 19.3 Å². The molecule has 0 aliphatic heterocycles. The molecule has 4 N–H and O–H groups in total. The van der Waals surface area contributed by atoms with E-state index in [1.54, 1.807) is 32.0 Å². The van der Waals surface area contributed by atoms with Gasteiger partial charge >= 0.3 is 0 Å². The molecule has 0 amide bonds. The third-order valence-electron chi connectivity index (χ3n) is 2.97. The van der Waals surface area contributed by atoms with Crippen LogP contribution in [-0.4, -0.2) is 22.2 Å². The Bertz CT molecular complexity index is 646. The van der Waals surface area contributed by atoms with Crippen LogP contribution < -0.4 is 20.7 Å². The molecular formula is C14H18N4O3. The monoisotopic (exact) mass is 290 g/mol. The van der Waals surface area contributed by atoms with Crippen molar-refractivity contribution < 1.29 is 14.6 Å². The molecule has 2 rings (SSSR count). The summed E-state index contributed by atoms with van der Waals surface area (Å²) >= 11 is 0. The molecule has 112 valence electrons. The Morgan fingerprint density at radius 2 is 2.00 bits per heavy atom. The van der Waals surface area contributed by atoms with Crippen molar-refractivity contribution in [3.63, 3.8) is 0 Å². The Balaban J connectivity index is 2.40. The van der Waals surface area contributed by atoms with Gasteiger partial charge in [0.15, 0.2) is 11.5 Å². The molecular weight excluding hydrogens is 272 g/mol. The number of anilines is 1. The first-order valence-corrected chi connectivity index (χ1v) is 6.36. The molecule has 0 radical (unpaired) electrons. The summed E-state index contributed by atoms with van der Waals surface area (Å²) in [7, 11) is 1.54. The summed E-state index contributed by atoms with van der Waals surface area (Å²) < 4.78 is 11.1. The number of ether oxygens (including phenoxy) is 2. The van der Waals surface area contributed by atoms with Crippen LogP contribution >= 0.6 is 0 Å². The SMILES string of the molecule is COc1cc(CO)ccc1Oc1nc(C)nc(NN)c1C. The summed E-state index contributed by atoms with van der Waals surface area (Å²) in [6.07, 6.45) is 0. The van der Waals surface area contributed by atoms with Crippen LogP contribution in [0.3, 0.4) is 0 Å². The average molecular weight is 290 g/mol. The van der Waals surface area contributed by atoms with E-state index in [1.165, 1.54) is 7.11 Å². The van der Waals surface area contributed by atoms with E-state index >= 15 is 0 Å². The Morgan fingerprint density at radius 3 is 2.62 bits per heavy atom. The Kier molecular flexibility index (Phi) is 4.56. The van der Waals surface area contributed by atoms with E-state index in [9.17, 15) is 0 Å². The van der Waals surface area contributed by atoms with Crippen LogP contribution in [0.25, 0.3) is 0 Å². The molecule has 1 aromatic carbocycles. The number of rotatable bonds is 5. The molecule has 0 saturated carbocycles. The number of aryl methyl sites for hydroxylation is 1. The maximum atomic E-state index is 9.15. The second kappa shape index (κ2) is 6.38. The van der Waals surface area contributed by atoms with Crippen LogP contribution in [0.15, 0.2) is 18.2 Å². The highest BCUT2D eigenvalue weighted by molar-refractivity contribution is 5.51. The normalized spacial score (nSPS) is 10.3. The molecule has 0 atom stereocenters. The molecule has 0 aliphatic rings. The van der Waals surface area contributed by atoms with Gasteiger partial charge in [0.1, 0.15) is 11.6 Å². The van der Waals surface area contributed by atoms with Crippen molar-refractivity contribution in [1.29, 1.82) is 0 Å². The van der Waals surface area contributed by atoms with Gasteiger partial charge in [0, 0.05) is 0 Å². The summed E-state index contributed by atoms with van der Waals surface area (Å²) in [6.45, 7) is 3.49. The van der Waals surface area contributed by atoms with Gasteiger partial charge in [-0.3, -0.25) is 0 Å². The molecule has 1 aromatic heterocycles. The second-order valence-corrected chi connectivity index (χ2v) is 4.44. The standard InChI is InChI=1S/C14H18N4O3/c1-8-13(18-15)16-9(2)17-14(8)21-11-5-4-10(7-19)6-12(11)20-3/h4-6,19H,7,15H2,1-3H3,(H,16,17,18). The fourth-order valence-corrected chi connectivity index (χ4v) is 1.84. The van der Waals surface area contributed by atoms with Crippen LogP contribution in [0, 0.1) is 13.8 Å². The fourth-order valence-electron chi connectivity index (χ4n) is 1.84. The second-order valence-electron chi connectivity index (χ2n) is 4.44. The van der Waals surface area contributed by atoms with Gasteiger partial charge in [-0.15, -0.1) is 0 Å². The van der Waals surface area contributed by atoms with Gasteiger partial charge < -0.3 is 20.0 Å². The van der Waals surface area contributed by atoms with Crippen LogP contribution in [0.4, 0.5) is 5.82 Å². The zero-order valence-corrected chi connectivity index (χ0v) is 12.2. The zero-order valence-electron chi connectivity index (χ0n) is 12.2. The van der Waals surface area contributed by atoms with E-state index in [4.69, 9.17) is 20.4 Å². The molecule has 0 spiro atoms. The molecule has 0 unspecified atom stereocenters. The highest BCUT2D eigenvalue weighted by atomic mass is 16.5. The molecule has 0 saturated heterocycles. The van der Waals surface area contributed by atoms with Crippen LogP contribution in [0.1, 0.15) is 17.0 Å². The highest BCUT2D eigenvalue weighted by Crippen LogP contribution is 2.34. The lowest BCUT2D eigenvalue weighted by Gasteiger charge is -2.14. The van der Waals surface area contributed by atoms with Gasteiger partial charge in [-0.05, 0) is 31.5 Å². The number of benzene rings is 1. The topological polar surface area (TPSA) is 103 Å². The Morgan fingerprint density at radius 1 is 1.24 bits per heavy atom. The average Bonchev–Trinajstić information content (AvgIpc) is 2.50. The maximum Gasteiger partial charge on any atom is 0.227 e. The predicted molar refractivity (Wildman–Crippen MR) is 78.3 cm³/mol. The number of nitrogens with zero attached hydrogens (tertiary/aromatic N) is 2. The minimum absolute atomic E-state index is 0.0659. The first-order valence-electron chi connectivity index (χ1n) is 6.36. The van der Waals surface area contributed by atoms with Crippen LogP contribution in [0.5, 0.6) is 17.4 Å². The smallest absolute Gasteiger partial charge is 0.227 e. The summed E-state index contributed by atoms with van der Waals surface area (Å²) in [4.78, 5) is 8.43. The van der Waals surface area contributed by atoms with E-state index < -0.39 is 0 Å². The first kappa shape index (κ1) is 15.0. The number of methoxy groups -OCH3 is 1. The minimum atomic E-state index is -0.0659. The van der Waals surface area contributed by atoms with Crippen molar-refractivity contribution in [2.24, 2.45) is 5.84 Å². The van der Waals surface area contributed by atoms with E-state index in [0.29, 0.717) is 34.6 Å². The molecule has 0 bridgehead atoms. The van der Waals surface area contributed by atoms with Crippen LogP contribution in [-0.2, 0) is 6.61 Å². The highest BCUT2D eigenvalue weighted by Gasteiger charge is 2.13. The van der Waals surface area contributed by atoms with Gasteiger partial charge in [-0.2, -0.15) is 4.98 Å². The zero-order chi connectivity index (χ0) is 15.4. The van der Waals surface area contributed by atoms with Gasteiger partial charge in [0.25, 0.3) is 0 Å². The number of hydrazine groups is 1. The lowest BCUT2D eigenvalue weighted by molar-refractivity contribution is 0.280. The largest absolute Gasteiger partial charge is 0.493 e. The number of aliphatic hydroxyl groups is 1. The summed E-state index contributed by atoms with van der Waals surface area (Å²) in [5.74, 6) is 7.87. The van der Waals surface area contributed by atoms with Crippen molar-refractivity contribution in [2.75, 3.05) is 12.5 Å². The third-order valence-corrected chi connectivity index (χ3v) is 2.97. The summed E-state index contributed by atoms with van der Waals surface area (Å²) in [5.41, 5.74) is 3.94. The molecule has 0 fully saturated rings. The molecule has 1 heterocycles. The van der Waals surface area contributed by atoms with Crippen molar-refractivity contribution in [1.82, 2.24) is 9.97 Å². The number of nitrogen functional groups attached to an aromatic ring is 1. The minimum Gasteiger partial charge on any atom is -0.493 e. The number of hydrogen-bond acceptors (Lipinski definition) is 7. The van der Waals surface area contributed by atoms with Crippen molar-refractivity contribution in [3.8, 4) is 17.4 Å². The molecule has 7 nitrogen and oxygen atoms in total. The van der Waals surface area contributed by atoms with E-state index in [-0.39, 0.29) is 6.61 Å². The number of aliphatic hydroxyl groups excluding tert-OH is 1. The molecule has 7 heteroatoms. The summed E-state index contributed by atoms with van der Waals surface area (Å²) in [6, 6.07) is 5.18. The van der Waals surface area contributed by atoms with Gasteiger partial charge in [-0.1, -0.05) is 6.07 Å². The van der Waals surface area contributed by atoms with Crippen molar-refractivity contribution in [2.45, 2.75) is 20.5 Å². The lowest BCUT2D eigenvalue weighted by Crippen LogP contribution is -2.12. The molecule has 2 aromatic rings. The first-order chi connectivity index (χ1) is 10.1. The quantitative estimate of drug-likeness (QED) is 0.568. The number of hydrogen-bond donors (Lipinski definition) is 3. The number of nitrogens with one attached hydrogen (secondary N) is 1. The molecule has 0 aliphatic carbocycles. The van der Waals surface area contributed by atoms with Crippen molar-refractivity contribution >= 4 is 5.82 Å². The van der Waals surface area contributed by atoms with Crippen molar-refractivity contribution in [3.05, 3.63) is 35.2 Å². The van der Waals surface area contributed by atoms with Gasteiger partial charge in [0.2, 0.25) is 5.88 Å². The van der Waals surface area contributed by atoms with E-state index in [1.807, 2.05) is 0 Å². The third kappa shape index (κ3) is 3.21. The van der Waals surface area contributed by atoms with Crippen LogP contribution in [0.2, 0.25) is 0 Å². The van der Waals surface area contributed by atoms with E-state index in [0.717, 1.165) is 5.56 Å². The number of nitrogens with two attached hydrogens (primary N) is 1. The maximum absolute atomic E-state index is 9.15.